The van der Waals surface area contributed by atoms with Gasteiger partial charge in [-0.15, -0.1) is 0 Å². The molecule has 0 spiro atoms. The van der Waals surface area contributed by atoms with Gasteiger partial charge in [-0.2, -0.15) is 4.57 Å². The van der Waals surface area contributed by atoms with Gasteiger partial charge in [0.15, 0.2) is 11.0 Å². The molecule has 0 radical (unpaired) electrons. The SMILES string of the molecule is [2H]C(C)(C)c1cccc(C([2H])(C)C)c1-n1c(-c2cc(-c3ccccc3)ccc2C)[n+](C)c2ccccc21. The van der Waals surface area contributed by atoms with Crippen LogP contribution in [-0.2, 0) is 7.05 Å². The van der Waals surface area contributed by atoms with Crippen molar-refractivity contribution >= 4 is 11.0 Å². The van der Waals surface area contributed by atoms with Crippen molar-refractivity contribution in [3.63, 3.8) is 0 Å². The normalized spacial score (nSPS) is 13.1. The predicted octanol–water partition coefficient (Wildman–Crippen LogP) is 8.34. The fourth-order valence-corrected chi connectivity index (χ4v) is 5.11. The van der Waals surface area contributed by atoms with Crippen molar-refractivity contribution in [3.05, 3.63) is 108 Å². The summed E-state index contributed by atoms with van der Waals surface area (Å²) in [4.78, 5) is 0. The highest BCUT2D eigenvalue weighted by Gasteiger charge is 2.31. The fourth-order valence-electron chi connectivity index (χ4n) is 5.11. The zero-order valence-electron chi connectivity index (χ0n) is 23.6. The molecule has 0 saturated heterocycles. The second kappa shape index (κ2) is 9.19. The number of para-hydroxylation sites is 3. The standard InChI is InChI=1S/C33H35N2/c1-22(2)27-15-12-16-28(23(3)4)32(27)35-31-18-11-10-17-30(31)34(6)33(35)29-21-26(20-19-24(29)5)25-13-8-7-9-14-25/h7-23H,1-6H3/q+1/i22D,23D. The van der Waals surface area contributed by atoms with Crippen LogP contribution in [0.2, 0.25) is 0 Å². The maximum atomic E-state index is 9.06. The largest absolute Gasteiger partial charge is 0.295 e. The smallest absolute Gasteiger partial charge is 0.225 e. The lowest BCUT2D eigenvalue weighted by Crippen LogP contribution is -2.30. The predicted molar refractivity (Wildman–Crippen MR) is 148 cm³/mol. The topological polar surface area (TPSA) is 8.81 Å². The van der Waals surface area contributed by atoms with Gasteiger partial charge in [-0.25, -0.2) is 4.57 Å². The molecule has 0 aliphatic carbocycles. The number of imidazole rings is 1. The van der Waals surface area contributed by atoms with Crippen LogP contribution in [-0.4, -0.2) is 4.57 Å². The Kier molecular flexibility index (Phi) is 5.43. The number of aromatic nitrogens is 2. The molecule has 0 aliphatic heterocycles. The lowest BCUT2D eigenvalue weighted by molar-refractivity contribution is -0.633. The Bertz CT molecular complexity index is 1570. The first-order valence-corrected chi connectivity index (χ1v) is 12.3. The van der Waals surface area contributed by atoms with Crippen LogP contribution >= 0.6 is 0 Å². The third-order valence-corrected chi connectivity index (χ3v) is 6.94. The first-order valence-electron chi connectivity index (χ1n) is 13.3. The summed E-state index contributed by atoms with van der Waals surface area (Å²) in [5, 5.41) is 0. The Hall–Kier alpha value is -3.65. The maximum Gasteiger partial charge on any atom is 0.295 e. The molecule has 5 aromatic rings. The van der Waals surface area contributed by atoms with E-state index in [0.29, 0.717) is 0 Å². The summed E-state index contributed by atoms with van der Waals surface area (Å²) >= 11 is 0. The summed E-state index contributed by atoms with van der Waals surface area (Å²) in [6.07, 6.45) is 0. The fraction of sp³-hybridized carbons (Fsp3) is 0.242. The van der Waals surface area contributed by atoms with E-state index in [2.05, 4.69) is 89.8 Å². The van der Waals surface area contributed by atoms with Crippen molar-refractivity contribution in [1.29, 1.82) is 0 Å². The van der Waals surface area contributed by atoms with E-state index < -0.39 is 11.8 Å². The number of aryl methyl sites for hydroxylation is 2. The quantitative estimate of drug-likeness (QED) is 0.233. The first kappa shape index (κ1) is 20.7. The van der Waals surface area contributed by atoms with Crippen LogP contribution < -0.4 is 4.57 Å². The minimum Gasteiger partial charge on any atom is -0.225 e. The zero-order chi connectivity index (χ0) is 26.5. The Balaban J connectivity index is 1.95. The number of fused-ring (bicyclic) bond motifs is 1. The summed E-state index contributed by atoms with van der Waals surface area (Å²) in [7, 11) is 2.11. The van der Waals surface area contributed by atoms with Gasteiger partial charge in [-0.3, -0.25) is 0 Å². The van der Waals surface area contributed by atoms with Gasteiger partial charge < -0.3 is 0 Å². The van der Waals surface area contributed by atoms with Crippen molar-refractivity contribution in [2.75, 3.05) is 0 Å². The monoisotopic (exact) mass is 461 g/mol. The molecule has 176 valence electrons. The number of nitrogens with zero attached hydrogens (tertiary/aromatic N) is 2. The van der Waals surface area contributed by atoms with E-state index in [1.54, 1.807) is 0 Å². The Morgan fingerprint density at radius 2 is 1.34 bits per heavy atom. The van der Waals surface area contributed by atoms with Crippen molar-refractivity contribution in [1.82, 2.24) is 4.57 Å². The van der Waals surface area contributed by atoms with E-state index >= 15 is 0 Å². The van der Waals surface area contributed by atoms with E-state index in [1.807, 2.05) is 52.0 Å². The third kappa shape index (κ3) is 3.97. The van der Waals surface area contributed by atoms with E-state index in [1.165, 1.54) is 11.1 Å². The van der Waals surface area contributed by atoms with Crippen LogP contribution in [0.25, 0.3) is 39.2 Å². The molecule has 0 fully saturated rings. The summed E-state index contributed by atoms with van der Waals surface area (Å²) in [6.45, 7) is 9.87. The number of hydrogen-bond acceptors (Lipinski definition) is 0. The van der Waals surface area contributed by atoms with Crippen LogP contribution in [0.3, 0.4) is 0 Å². The highest BCUT2D eigenvalue weighted by atomic mass is 15.2. The summed E-state index contributed by atoms with van der Waals surface area (Å²) in [5.41, 5.74) is 9.55. The van der Waals surface area contributed by atoms with Crippen molar-refractivity contribution < 1.29 is 7.31 Å². The molecule has 0 atom stereocenters. The van der Waals surface area contributed by atoms with Crippen LogP contribution in [0, 0.1) is 6.92 Å². The van der Waals surface area contributed by atoms with Crippen molar-refractivity contribution in [2.45, 2.75) is 46.4 Å². The third-order valence-electron chi connectivity index (χ3n) is 6.94. The highest BCUT2D eigenvalue weighted by molar-refractivity contribution is 5.82. The molecule has 0 aliphatic rings. The highest BCUT2D eigenvalue weighted by Crippen LogP contribution is 2.38. The molecule has 2 heteroatoms. The molecule has 5 rings (SSSR count). The lowest BCUT2D eigenvalue weighted by atomic mass is 9.92. The molecular formula is C33H35N2+. The van der Waals surface area contributed by atoms with Gasteiger partial charge in [0.1, 0.15) is 5.69 Å². The average Bonchev–Trinajstić information content (AvgIpc) is 3.15. The van der Waals surface area contributed by atoms with Crippen LogP contribution in [0.1, 0.15) is 58.9 Å². The summed E-state index contributed by atoms with van der Waals surface area (Å²) in [5.74, 6) is -0.656. The van der Waals surface area contributed by atoms with E-state index in [0.717, 1.165) is 44.8 Å². The molecule has 35 heavy (non-hydrogen) atoms. The van der Waals surface area contributed by atoms with E-state index in [4.69, 9.17) is 2.74 Å². The van der Waals surface area contributed by atoms with Gasteiger partial charge >= 0.3 is 0 Å². The Labute approximate surface area is 212 Å². The lowest BCUT2D eigenvalue weighted by Gasteiger charge is -2.18. The molecule has 4 aromatic carbocycles. The Morgan fingerprint density at radius 1 is 0.714 bits per heavy atom. The number of hydrogen-bond donors (Lipinski definition) is 0. The molecule has 0 saturated carbocycles. The molecule has 2 nitrogen and oxygen atoms in total. The molecule has 0 bridgehead atoms. The maximum absolute atomic E-state index is 9.06. The first-order chi connectivity index (χ1) is 17.5. The molecular weight excluding hydrogens is 424 g/mol. The molecule has 1 aromatic heterocycles. The van der Waals surface area contributed by atoms with Gasteiger partial charge in [0.05, 0.1) is 12.6 Å². The molecule has 0 N–H and O–H groups in total. The molecule has 0 amide bonds. The van der Waals surface area contributed by atoms with E-state index in [9.17, 15) is 0 Å². The number of rotatable bonds is 5. The van der Waals surface area contributed by atoms with Gasteiger partial charge in [0.25, 0.3) is 5.82 Å². The number of benzene rings is 4. The average molecular weight is 462 g/mol. The van der Waals surface area contributed by atoms with Crippen LogP contribution in [0.5, 0.6) is 0 Å². The van der Waals surface area contributed by atoms with Crippen molar-refractivity contribution in [3.8, 4) is 28.2 Å². The van der Waals surface area contributed by atoms with E-state index in [-0.39, 0.29) is 0 Å². The van der Waals surface area contributed by atoms with Gasteiger partial charge in [0.2, 0.25) is 0 Å². The minimum atomic E-state index is -0.848. The zero-order valence-corrected chi connectivity index (χ0v) is 21.6. The van der Waals surface area contributed by atoms with Crippen molar-refractivity contribution in [2.24, 2.45) is 7.05 Å². The van der Waals surface area contributed by atoms with Gasteiger partial charge in [0, 0.05) is 13.9 Å². The van der Waals surface area contributed by atoms with Crippen LogP contribution in [0.15, 0.2) is 91.0 Å². The Morgan fingerprint density at radius 3 is 2.00 bits per heavy atom. The summed E-state index contributed by atoms with van der Waals surface area (Å²) in [6, 6.07) is 31.6. The minimum absolute atomic E-state index is 0.848. The molecule has 0 unspecified atom stereocenters. The van der Waals surface area contributed by atoms with Crippen LogP contribution in [0.4, 0.5) is 0 Å². The second-order valence-electron chi connectivity index (χ2n) is 9.80. The summed E-state index contributed by atoms with van der Waals surface area (Å²) < 4.78 is 22.7. The van der Waals surface area contributed by atoms with Gasteiger partial charge in [-0.1, -0.05) is 100 Å². The van der Waals surface area contributed by atoms with Gasteiger partial charge in [-0.05, 0) is 53.6 Å². The second-order valence-corrected chi connectivity index (χ2v) is 9.80. The molecule has 1 heterocycles.